The number of nitrogens with one attached hydrogen (secondary N) is 2. The molecule has 28 heavy (non-hydrogen) atoms. The van der Waals surface area contributed by atoms with Crippen LogP contribution in [0.2, 0.25) is 0 Å². The smallest absolute Gasteiger partial charge is 0.308 e. The Morgan fingerprint density at radius 3 is 2.25 bits per heavy atom. The maximum atomic E-state index is 12.5. The maximum Gasteiger partial charge on any atom is 0.308 e. The van der Waals surface area contributed by atoms with Crippen molar-refractivity contribution in [1.29, 1.82) is 0 Å². The standard InChI is InChI=1S/C21H24N2O5/c1-27-13-12-22-19(24)15-28-20(25)14-18(16-8-4-2-5-9-16)23-21(26)17-10-6-3-7-11-17/h2-11,18H,12-15H2,1H3,(H,22,24)(H,23,26). The molecule has 0 aliphatic carbocycles. The number of benzene rings is 2. The molecule has 0 bridgehead atoms. The molecule has 2 N–H and O–H groups in total. The van der Waals surface area contributed by atoms with E-state index in [0.717, 1.165) is 5.56 Å². The average Bonchev–Trinajstić information content (AvgIpc) is 2.73. The van der Waals surface area contributed by atoms with E-state index in [4.69, 9.17) is 9.47 Å². The molecule has 2 aromatic rings. The van der Waals surface area contributed by atoms with Crippen molar-refractivity contribution in [3.8, 4) is 0 Å². The molecule has 2 rings (SSSR count). The van der Waals surface area contributed by atoms with E-state index >= 15 is 0 Å². The first kappa shape index (κ1) is 21.1. The van der Waals surface area contributed by atoms with Crippen LogP contribution in [0.25, 0.3) is 0 Å². The number of carbonyl (C=O) groups is 3. The normalized spacial score (nSPS) is 11.3. The fraction of sp³-hybridized carbons (Fsp3) is 0.286. The summed E-state index contributed by atoms with van der Waals surface area (Å²) in [7, 11) is 1.53. The second-order valence-electron chi connectivity index (χ2n) is 6.01. The zero-order chi connectivity index (χ0) is 20.2. The fourth-order valence-electron chi connectivity index (χ4n) is 2.48. The molecule has 0 heterocycles. The number of rotatable bonds is 10. The molecule has 0 aromatic heterocycles. The van der Waals surface area contributed by atoms with Crippen molar-refractivity contribution in [3.63, 3.8) is 0 Å². The molecule has 148 valence electrons. The molecule has 0 aliphatic rings. The molecule has 2 aromatic carbocycles. The van der Waals surface area contributed by atoms with Gasteiger partial charge in [0, 0.05) is 19.2 Å². The minimum Gasteiger partial charge on any atom is -0.456 e. The van der Waals surface area contributed by atoms with Crippen LogP contribution in [0, 0.1) is 0 Å². The first-order valence-electron chi connectivity index (χ1n) is 8.92. The van der Waals surface area contributed by atoms with Gasteiger partial charge in [0.2, 0.25) is 0 Å². The van der Waals surface area contributed by atoms with Gasteiger partial charge in [-0.05, 0) is 17.7 Å². The third-order valence-electron chi connectivity index (χ3n) is 3.91. The summed E-state index contributed by atoms with van der Waals surface area (Å²) in [4.78, 5) is 36.3. The number of hydrogen-bond acceptors (Lipinski definition) is 5. The van der Waals surface area contributed by atoms with Gasteiger partial charge in [-0.2, -0.15) is 0 Å². The summed E-state index contributed by atoms with van der Waals surface area (Å²) in [6.45, 7) is 0.338. The predicted octanol–water partition coefficient (Wildman–Crippen LogP) is 1.85. The number of hydrogen-bond donors (Lipinski definition) is 2. The Balaban J connectivity index is 1.95. The van der Waals surface area contributed by atoms with Crippen LogP contribution in [0.4, 0.5) is 0 Å². The molecule has 1 atom stereocenters. The molecule has 0 fully saturated rings. The quantitative estimate of drug-likeness (QED) is 0.482. The van der Waals surface area contributed by atoms with Crippen molar-refractivity contribution < 1.29 is 23.9 Å². The van der Waals surface area contributed by atoms with E-state index in [1.54, 1.807) is 24.3 Å². The second kappa shape index (κ2) is 11.5. The monoisotopic (exact) mass is 384 g/mol. The molecule has 7 heteroatoms. The molecule has 0 spiro atoms. The number of ether oxygens (including phenoxy) is 2. The average molecular weight is 384 g/mol. The van der Waals surface area contributed by atoms with Gasteiger partial charge in [0.15, 0.2) is 6.61 Å². The van der Waals surface area contributed by atoms with Crippen LogP contribution in [-0.2, 0) is 19.1 Å². The van der Waals surface area contributed by atoms with Crippen molar-refractivity contribution in [2.45, 2.75) is 12.5 Å². The fourth-order valence-corrected chi connectivity index (χ4v) is 2.48. The first-order valence-corrected chi connectivity index (χ1v) is 8.92. The SMILES string of the molecule is COCCNC(=O)COC(=O)CC(NC(=O)c1ccccc1)c1ccccc1. The Labute approximate surface area is 164 Å². The molecule has 0 aliphatic heterocycles. The predicted molar refractivity (Wildman–Crippen MR) is 104 cm³/mol. The highest BCUT2D eigenvalue weighted by Crippen LogP contribution is 2.18. The Bertz CT molecular complexity index is 765. The first-order chi connectivity index (χ1) is 13.6. The van der Waals surface area contributed by atoms with Crippen molar-refractivity contribution in [1.82, 2.24) is 10.6 Å². The van der Waals surface area contributed by atoms with Crippen LogP contribution >= 0.6 is 0 Å². The molecule has 0 radical (unpaired) electrons. The Morgan fingerprint density at radius 1 is 0.964 bits per heavy atom. The largest absolute Gasteiger partial charge is 0.456 e. The van der Waals surface area contributed by atoms with Crippen molar-refractivity contribution in [3.05, 3.63) is 71.8 Å². The molecule has 2 amide bonds. The van der Waals surface area contributed by atoms with Gasteiger partial charge in [-0.3, -0.25) is 14.4 Å². The molecule has 7 nitrogen and oxygen atoms in total. The van der Waals surface area contributed by atoms with Crippen molar-refractivity contribution in [2.75, 3.05) is 26.9 Å². The topological polar surface area (TPSA) is 93.7 Å². The van der Waals surface area contributed by atoms with Gasteiger partial charge in [-0.1, -0.05) is 48.5 Å². The van der Waals surface area contributed by atoms with Crippen molar-refractivity contribution >= 4 is 17.8 Å². The van der Waals surface area contributed by atoms with Gasteiger partial charge in [0.05, 0.1) is 19.1 Å². The Morgan fingerprint density at radius 2 is 1.61 bits per heavy atom. The van der Waals surface area contributed by atoms with E-state index in [1.165, 1.54) is 7.11 Å². The van der Waals surface area contributed by atoms with Crippen LogP contribution in [-0.4, -0.2) is 44.7 Å². The summed E-state index contributed by atoms with van der Waals surface area (Å²) in [6.07, 6.45) is -0.0893. The molecule has 1 unspecified atom stereocenters. The zero-order valence-corrected chi connectivity index (χ0v) is 15.7. The van der Waals surface area contributed by atoms with Gasteiger partial charge >= 0.3 is 5.97 Å². The van der Waals surface area contributed by atoms with E-state index in [-0.39, 0.29) is 18.9 Å². The number of methoxy groups -OCH3 is 1. The highest BCUT2D eigenvalue weighted by molar-refractivity contribution is 5.94. The van der Waals surface area contributed by atoms with E-state index in [1.807, 2.05) is 36.4 Å². The molecular weight excluding hydrogens is 360 g/mol. The summed E-state index contributed by atoms with van der Waals surface area (Å²) in [5.41, 5.74) is 1.27. The highest BCUT2D eigenvalue weighted by atomic mass is 16.5. The van der Waals surface area contributed by atoms with Gasteiger partial charge in [-0.25, -0.2) is 0 Å². The lowest BCUT2D eigenvalue weighted by Gasteiger charge is -2.18. The van der Waals surface area contributed by atoms with Crippen LogP contribution < -0.4 is 10.6 Å². The summed E-state index contributed by atoms with van der Waals surface area (Å²) >= 11 is 0. The van der Waals surface area contributed by atoms with E-state index < -0.39 is 17.9 Å². The van der Waals surface area contributed by atoms with Gasteiger partial charge in [-0.15, -0.1) is 0 Å². The summed E-state index contributed by atoms with van der Waals surface area (Å²) < 4.78 is 9.86. The van der Waals surface area contributed by atoms with Gasteiger partial charge in [0.1, 0.15) is 0 Å². The highest BCUT2D eigenvalue weighted by Gasteiger charge is 2.20. The third-order valence-corrected chi connectivity index (χ3v) is 3.91. The Kier molecular flexibility index (Phi) is 8.68. The van der Waals surface area contributed by atoms with E-state index in [9.17, 15) is 14.4 Å². The maximum absolute atomic E-state index is 12.5. The van der Waals surface area contributed by atoms with Gasteiger partial charge in [0.25, 0.3) is 11.8 Å². The molecule has 0 saturated carbocycles. The summed E-state index contributed by atoms with van der Waals surface area (Å²) in [5.74, 6) is -1.28. The minimum absolute atomic E-state index is 0.0893. The van der Waals surface area contributed by atoms with Crippen LogP contribution in [0.5, 0.6) is 0 Å². The van der Waals surface area contributed by atoms with E-state index in [0.29, 0.717) is 18.7 Å². The van der Waals surface area contributed by atoms with Crippen LogP contribution in [0.1, 0.15) is 28.4 Å². The lowest BCUT2D eigenvalue weighted by molar-refractivity contribution is -0.149. The van der Waals surface area contributed by atoms with Crippen molar-refractivity contribution in [2.24, 2.45) is 0 Å². The van der Waals surface area contributed by atoms with Crippen LogP contribution in [0.3, 0.4) is 0 Å². The number of amides is 2. The van der Waals surface area contributed by atoms with E-state index in [2.05, 4.69) is 10.6 Å². The lowest BCUT2D eigenvalue weighted by atomic mass is 10.0. The van der Waals surface area contributed by atoms with Gasteiger partial charge < -0.3 is 20.1 Å². The molecule has 0 saturated heterocycles. The second-order valence-corrected chi connectivity index (χ2v) is 6.01. The number of esters is 1. The summed E-state index contributed by atoms with van der Waals surface area (Å²) in [5, 5.41) is 5.42. The minimum atomic E-state index is -0.580. The zero-order valence-electron chi connectivity index (χ0n) is 15.7. The van der Waals surface area contributed by atoms with Crippen LogP contribution in [0.15, 0.2) is 60.7 Å². The summed E-state index contributed by atoms with van der Waals surface area (Å²) in [6, 6.07) is 17.3. The number of carbonyl (C=O) groups excluding carboxylic acids is 3. The molecular formula is C21H24N2O5. The third kappa shape index (κ3) is 7.20. The lowest BCUT2D eigenvalue weighted by Crippen LogP contribution is -2.33. The Hall–Kier alpha value is -3.19.